The number of nitrogens with two attached hydrogens (primary N) is 3. The maximum atomic E-state index is 10.1. The van der Waals surface area contributed by atoms with Crippen molar-refractivity contribution in [1.29, 1.82) is 0 Å². The average molecular weight is 467 g/mol. The van der Waals surface area contributed by atoms with Gasteiger partial charge in [-0.1, -0.05) is 0 Å². The molecule has 29 heavy (non-hydrogen) atoms. The monoisotopic (exact) mass is 467 g/mol. The van der Waals surface area contributed by atoms with Crippen molar-refractivity contribution in [3.8, 4) is 0 Å². The third-order valence-corrected chi connectivity index (χ3v) is 4.02. The third-order valence-electron chi connectivity index (χ3n) is 4.02. The first-order valence-corrected chi connectivity index (χ1v) is 8.61. The molecule has 0 aromatic heterocycles. The minimum absolute atomic E-state index is 0. The second kappa shape index (κ2) is 10.2. The number of rotatable bonds is 9. The first-order chi connectivity index (χ1) is 13.4. The van der Waals surface area contributed by atoms with E-state index in [1.807, 2.05) is 4.12 Å². The van der Waals surface area contributed by atoms with Gasteiger partial charge in [-0.2, -0.15) is 0 Å². The number of hydrogen-bond donors (Lipinski definition) is 6. The van der Waals surface area contributed by atoms with Crippen molar-refractivity contribution < 1.29 is 77.1 Å². The van der Waals surface area contributed by atoms with Gasteiger partial charge in [-0.25, -0.2) is 0 Å². The van der Waals surface area contributed by atoms with Crippen LogP contribution in [0.15, 0.2) is 0 Å². The van der Waals surface area contributed by atoms with Crippen molar-refractivity contribution in [3.63, 3.8) is 0 Å². The van der Waals surface area contributed by atoms with Crippen LogP contribution in [0, 0.1) is 0 Å². The smallest absolute Gasteiger partial charge is 0.980 e. The van der Waals surface area contributed by atoms with Gasteiger partial charge >= 0.3 is 59.3 Å². The van der Waals surface area contributed by atoms with Crippen molar-refractivity contribution >= 4 is 42.8 Å². The van der Waals surface area contributed by atoms with Gasteiger partial charge in [0.05, 0.1) is 0 Å². The molecule has 0 amide bonds. The SMILES string of the molecule is NCCO[B-]12OB(O)O[B-]3(OCCN)OB(O)O[B-](OCCN)(OB(O)O1)[O+]23.[Ni+2]. The second-order valence-electron chi connectivity index (χ2n) is 5.86. The molecule has 23 heteroatoms. The van der Waals surface area contributed by atoms with E-state index in [4.69, 9.17) is 58.6 Å². The van der Waals surface area contributed by atoms with Gasteiger partial charge in [-0.05, 0) is 0 Å². The minimum atomic E-state index is -3.39. The van der Waals surface area contributed by atoms with E-state index < -0.39 is 42.8 Å². The van der Waals surface area contributed by atoms with Gasteiger partial charge in [0.25, 0.3) is 0 Å². The van der Waals surface area contributed by atoms with E-state index in [1.165, 1.54) is 0 Å². The van der Waals surface area contributed by atoms with Gasteiger partial charge in [-0.3, -0.25) is 0 Å². The molecule has 3 aliphatic rings. The average Bonchev–Trinajstić information content (AvgIpc) is 2.61. The molecular formula is C6H21B6N3NiO13. The molecule has 3 heterocycles. The predicted molar refractivity (Wildman–Crippen MR) is 93.8 cm³/mol. The van der Waals surface area contributed by atoms with E-state index in [0.717, 1.165) is 0 Å². The Morgan fingerprint density at radius 1 is 0.621 bits per heavy atom. The Morgan fingerprint density at radius 3 is 1.07 bits per heavy atom. The minimum Gasteiger partial charge on any atom is -0.980 e. The Labute approximate surface area is 177 Å². The molecule has 0 unspecified atom stereocenters. The normalized spacial score (nSPS) is 34.8. The van der Waals surface area contributed by atoms with Crippen molar-refractivity contribution in [2.45, 2.75) is 0 Å². The molecule has 0 radical (unpaired) electrons. The van der Waals surface area contributed by atoms with Crippen LogP contribution in [0.25, 0.3) is 0 Å². The van der Waals surface area contributed by atoms with Crippen LogP contribution < -0.4 is 17.2 Å². The molecule has 0 aromatic rings. The topological polar surface area (TPSA) is 225 Å². The van der Waals surface area contributed by atoms with Crippen molar-refractivity contribution in [2.24, 2.45) is 17.2 Å². The van der Waals surface area contributed by atoms with Gasteiger partial charge < -0.3 is 77.8 Å². The molecule has 3 saturated heterocycles. The molecular weight excluding hydrogens is 446 g/mol. The zero-order valence-electron chi connectivity index (χ0n) is 15.2. The molecule has 0 bridgehead atoms. The maximum Gasteiger partial charge on any atom is 2.00 e. The van der Waals surface area contributed by atoms with Crippen LogP contribution in [0.4, 0.5) is 0 Å². The standard InChI is InChI=1S/C6H21B6N3O13.Ni/c13-1-4-19-10-22-7(16)24-11(20-5-2-14)26-9(18)27-12(28(10)11,21-6-3-15)25-8(17)23-10;/h16-18H,1-6,13-15H2;/q-2;+2. The maximum absolute atomic E-state index is 10.1. The largest absolute Gasteiger partial charge is 2.00 e. The molecule has 0 atom stereocenters. The van der Waals surface area contributed by atoms with Gasteiger partial charge in [0.2, 0.25) is 0 Å². The molecule has 166 valence electrons. The van der Waals surface area contributed by atoms with Crippen molar-refractivity contribution in [2.75, 3.05) is 39.5 Å². The fourth-order valence-corrected chi connectivity index (χ4v) is 3.15. The Balaban J connectivity index is 0.00000300. The summed E-state index contributed by atoms with van der Waals surface area (Å²) in [5.41, 5.74) is 16.4. The Hall–Kier alpha value is 0.243. The molecule has 0 spiro atoms. The van der Waals surface area contributed by atoms with Gasteiger partial charge in [-0.15, -0.1) is 0 Å². The first-order valence-electron chi connectivity index (χ1n) is 8.61. The Kier molecular flexibility index (Phi) is 9.01. The first kappa shape index (κ1) is 25.5. The Morgan fingerprint density at radius 2 is 0.862 bits per heavy atom. The van der Waals surface area contributed by atoms with Crippen LogP contribution in [-0.4, -0.2) is 97.4 Å². The summed E-state index contributed by atoms with van der Waals surface area (Å²) >= 11 is 0. The van der Waals surface area contributed by atoms with Crippen LogP contribution in [0.5, 0.6) is 0 Å². The summed E-state index contributed by atoms with van der Waals surface area (Å²) in [5, 5.41) is 30.3. The van der Waals surface area contributed by atoms with Crippen LogP contribution in [0.1, 0.15) is 0 Å². The van der Waals surface area contributed by atoms with Crippen molar-refractivity contribution in [1.82, 2.24) is 0 Å². The van der Waals surface area contributed by atoms with Crippen LogP contribution in [0.3, 0.4) is 0 Å². The van der Waals surface area contributed by atoms with Crippen LogP contribution in [0.2, 0.25) is 0 Å². The quantitative estimate of drug-likeness (QED) is 0.137. The third kappa shape index (κ3) is 4.86. The molecule has 3 fully saturated rings. The summed E-state index contributed by atoms with van der Waals surface area (Å²) in [4.78, 5) is 0. The van der Waals surface area contributed by atoms with E-state index in [-0.39, 0.29) is 55.9 Å². The van der Waals surface area contributed by atoms with E-state index >= 15 is 0 Å². The summed E-state index contributed by atoms with van der Waals surface area (Å²) in [5.74, 6) is 0. The van der Waals surface area contributed by atoms with Gasteiger partial charge in [0.1, 0.15) is 0 Å². The second-order valence-corrected chi connectivity index (χ2v) is 5.86. The van der Waals surface area contributed by atoms with E-state index in [2.05, 4.69) is 0 Å². The summed E-state index contributed by atoms with van der Waals surface area (Å²) in [6.07, 6.45) is 0. The van der Waals surface area contributed by atoms with E-state index in [1.54, 1.807) is 0 Å². The molecule has 3 aliphatic heterocycles. The summed E-state index contributed by atoms with van der Waals surface area (Å²) in [7, 11) is -6.13. The van der Waals surface area contributed by atoms with Gasteiger partial charge in [0, 0.05) is 39.5 Å². The fourth-order valence-electron chi connectivity index (χ4n) is 3.15. The predicted octanol–water partition coefficient (Wildman–Crippen LogP) is -6.16. The fraction of sp³-hybridized carbons (Fsp3) is 1.00. The Bertz CT molecular complexity index is 456. The number of hydrogen-bond acceptors (Lipinski definition) is 15. The zero-order valence-corrected chi connectivity index (χ0v) is 16.2. The molecule has 0 aromatic carbocycles. The van der Waals surface area contributed by atoms with Crippen molar-refractivity contribution in [3.05, 3.63) is 0 Å². The molecule has 16 nitrogen and oxygen atoms in total. The summed E-state index contributed by atoms with van der Waals surface area (Å²) in [6, 6.07) is 0. The van der Waals surface area contributed by atoms with Crippen LogP contribution >= 0.6 is 0 Å². The molecule has 0 aliphatic carbocycles. The summed E-state index contributed by atoms with van der Waals surface area (Å²) in [6.45, 7) is -10.7. The van der Waals surface area contributed by atoms with E-state index in [0.29, 0.717) is 0 Å². The molecule has 0 saturated carbocycles. The van der Waals surface area contributed by atoms with Crippen LogP contribution in [-0.2, 0) is 62.0 Å². The molecule has 9 N–H and O–H groups in total. The summed E-state index contributed by atoms with van der Waals surface area (Å²) < 4.78 is 50.0. The van der Waals surface area contributed by atoms with Gasteiger partial charge in [0.15, 0.2) is 0 Å². The molecule has 3 rings (SSSR count). The van der Waals surface area contributed by atoms with E-state index in [9.17, 15) is 15.1 Å². The zero-order chi connectivity index (χ0) is 20.4.